The number of fused-ring (bicyclic) bond motifs is 1. The van der Waals surface area contributed by atoms with Gasteiger partial charge in [-0.1, -0.05) is 53.5 Å². The molecule has 0 amide bonds. The van der Waals surface area contributed by atoms with E-state index < -0.39 is 5.60 Å². The summed E-state index contributed by atoms with van der Waals surface area (Å²) in [4.78, 5) is 0. The van der Waals surface area contributed by atoms with Crippen LogP contribution in [-0.4, -0.2) is 10.7 Å². The minimum absolute atomic E-state index is 0.567. The number of rotatable bonds is 2. The summed E-state index contributed by atoms with van der Waals surface area (Å²) in [5.74, 6) is 0. The van der Waals surface area contributed by atoms with Crippen LogP contribution in [0.15, 0.2) is 42.5 Å². The maximum atomic E-state index is 10.9. The molecule has 20 heavy (non-hydrogen) atoms. The molecule has 2 aromatic carbocycles. The van der Waals surface area contributed by atoms with Crippen molar-refractivity contribution in [1.82, 2.24) is 0 Å². The molecule has 0 saturated carbocycles. The maximum Gasteiger partial charge on any atom is 0.0731 e. The quantitative estimate of drug-likeness (QED) is 0.868. The summed E-state index contributed by atoms with van der Waals surface area (Å²) >= 11 is 12.1. The molecule has 3 rings (SSSR count). The Morgan fingerprint density at radius 1 is 1.05 bits per heavy atom. The highest BCUT2D eigenvalue weighted by Crippen LogP contribution is 2.33. The van der Waals surface area contributed by atoms with Gasteiger partial charge in [0.15, 0.2) is 0 Å². The van der Waals surface area contributed by atoms with Crippen LogP contribution in [0.3, 0.4) is 0 Å². The molecular formula is C17H16Cl2O. The molecule has 104 valence electrons. The SMILES string of the molecule is OC1(Cc2ccc(Cl)cc2Cl)CCc2ccccc2C1. The fourth-order valence-corrected chi connectivity index (χ4v) is 3.43. The van der Waals surface area contributed by atoms with Crippen LogP contribution < -0.4 is 0 Å². The van der Waals surface area contributed by atoms with E-state index in [1.165, 1.54) is 11.1 Å². The Bertz CT molecular complexity index is 639. The van der Waals surface area contributed by atoms with Crippen LogP contribution in [-0.2, 0) is 19.3 Å². The monoisotopic (exact) mass is 306 g/mol. The first-order valence-corrected chi connectivity index (χ1v) is 7.54. The van der Waals surface area contributed by atoms with Crippen molar-refractivity contribution in [3.63, 3.8) is 0 Å². The van der Waals surface area contributed by atoms with Crippen LogP contribution in [0.1, 0.15) is 23.1 Å². The smallest absolute Gasteiger partial charge is 0.0731 e. The van der Waals surface area contributed by atoms with E-state index >= 15 is 0 Å². The van der Waals surface area contributed by atoms with Crippen molar-refractivity contribution >= 4 is 23.2 Å². The zero-order valence-electron chi connectivity index (χ0n) is 11.1. The van der Waals surface area contributed by atoms with E-state index in [1.807, 2.05) is 18.2 Å². The molecule has 1 aliphatic rings. The summed E-state index contributed by atoms with van der Waals surface area (Å²) in [5.41, 5.74) is 2.83. The third-order valence-corrected chi connectivity index (χ3v) is 4.62. The number of halogens is 2. The Kier molecular flexibility index (Phi) is 3.76. The molecule has 1 unspecified atom stereocenters. The van der Waals surface area contributed by atoms with Crippen molar-refractivity contribution in [1.29, 1.82) is 0 Å². The van der Waals surface area contributed by atoms with E-state index in [0.717, 1.165) is 18.4 Å². The second-order valence-electron chi connectivity index (χ2n) is 5.58. The number of aliphatic hydroxyl groups is 1. The van der Waals surface area contributed by atoms with Gasteiger partial charge in [-0.2, -0.15) is 0 Å². The molecule has 2 aromatic rings. The molecule has 0 bridgehead atoms. The molecule has 0 heterocycles. The number of aryl methyl sites for hydroxylation is 1. The number of hydrogen-bond acceptors (Lipinski definition) is 1. The lowest BCUT2D eigenvalue weighted by atomic mass is 9.77. The van der Waals surface area contributed by atoms with Crippen molar-refractivity contribution in [3.8, 4) is 0 Å². The van der Waals surface area contributed by atoms with Gasteiger partial charge in [0.25, 0.3) is 0 Å². The average molecular weight is 307 g/mol. The minimum atomic E-state index is -0.716. The summed E-state index contributed by atoms with van der Waals surface area (Å²) in [6, 6.07) is 13.8. The average Bonchev–Trinajstić information content (AvgIpc) is 2.42. The zero-order chi connectivity index (χ0) is 14.2. The molecule has 1 nitrogen and oxygen atoms in total. The molecule has 0 spiro atoms. The molecular weight excluding hydrogens is 291 g/mol. The lowest BCUT2D eigenvalue weighted by Crippen LogP contribution is -2.38. The Morgan fingerprint density at radius 2 is 1.80 bits per heavy atom. The second-order valence-corrected chi connectivity index (χ2v) is 6.43. The Balaban J connectivity index is 1.84. The molecule has 0 saturated heterocycles. The van der Waals surface area contributed by atoms with Crippen molar-refractivity contribution in [2.24, 2.45) is 0 Å². The molecule has 0 radical (unpaired) electrons. The van der Waals surface area contributed by atoms with Crippen LogP contribution in [0.4, 0.5) is 0 Å². The van der Waals surface area contributed by atoms with Gasteiger partial charge in [-0.3, -0.25) is 0 Å². The Labute approximate surface area is 129 Å². The fraction of sp³-hybridized carbons (Fsp3) is 0.294. The van der Waals surface area contributed by atoms with Gasteiger partial charge in [-0.15, -0.1) is 0 Å². The van der Waals surface area contributed by atoms with E-state index in [4.69, 9.17) is 23.2 Å². The van der Waals surface area contributed by atoms with Gasteiger partial charge in [0, 0.05) is 22.9 Å². The molecule has 1 atom stereocenters. The van der Waals surface area contributed by atoms with E-state index in [0.29, 0.717) is 22.9 Å². The van der Waals surface area contributed by atoms with Crippen LogP contribution >= 0.6 is 23.2 Å². The topological polar surface area (TPSA) is 20.2 Å². The van der Waals surface area contributed by atoms with Crippen LogP contribution in [0.2, 0.25) is 10.0 Å². The van der Waals surface area contributed by atoms with Gasteiger partial charge >= 0.3 is 0 Å². The highest BCUT2D eigenvalue weighted by atomic mass is 35.5. The van der Waals surface area contributed by atoms with Crippen LogP contribution in [0, 0.1) is 0 Å². The molecule has 1 aliphatic carbocycles. The highest BCUT2D eigenvalue weighted by Gasteiger charge is 2.32. The third-order valence-electron chi connectivity index (χ3n) is 4.03. The largest absolute Gasteiger partial charge is 0.389 e. The normalized spacial score (nSPS) is 21.6. The van der Waals surface area contributed by atoms with Gasteiger partial charge in [0.05, 0.1) is 5.60 Å². The summed E-state index contributed by atoms with van der Waals surface area (Å²) in [5, 5.41) is 12.1. The summed E-state index contributed by atoms with van der Waals surface area (Å²) in [6.45, 7) is 0. The standard InChI is InChI=1S/C17H16Cl2O/c18-15-6-5-14(16(19)9-15)11-17(20)8-7-12-3-1-2-4-13(12)10-17/h1-6,9,20H,7-8,10-11H2. The molecule has 0 aliphatic heterocycles. The first-order chi connectivity index (χ1) is 9.56. The number of hydrogen-bond donors (Lipinski definition) is 1. The minimum Gasteiger partial charge on any atom is -0.389 e. The molecule has 3 heteroatoms. The summed E-state index contributed by atoms with van der Waals surface area (Å²) < 4.78 is 0. The van der Waals surface area contributed by atoms with Gasteiger partial charge in [-0.25, -0.2) is 0 Å². The second kappa shape index (κ2) is 5.40. The van der Waals surface area contributed by atoms with Gasteiger partial charge in [-0.05, 0) is 41.7 Å². The van der Waals surface area contributed by atoms with Crippen molar-refractivity contribution in [2.75, 3.05) is 0 Å². The highest BCUT2D eigenvalue weighted by molar-refractivity contribution is 6.35. The van der Waals surface area contributed by atoms with Gasteiger partial charge in [0.1, 0.15) is 0 Å². The molecule has 0 fully saturated rings. The first kappa shape index (κ1) is 13.9. The lowest BCUT2D eigenvalue weighted by Gasteiger charge is -2.34. The fourth-order valence-electron chi connectivity index (χ4n) is 2.95. The van der Waals surface area contributed by atoms with E-state index in [-0.39, 0.29) is 0 Å². The number of benzene rings is 2. The molecule has 0 aromatic heterocycles. The zero-order valence-corrected chi connectivity index (χ0v) is 12.6. The summed E-state index contributed by atoms with van der Waals surface area (Å²) in [7, 11) is 0. The van der Waals surface area contributed by atoms with E-state index in [1.54, 1.807) is 6.07 Å². The Hall–Kier alpha value is -1.02. The van der Waals surface area contributed by atoms with Gasteiger partial charge in [0.2, 0.25) is 0 Å². The maximum absolute atomic E-state index is 10.9. The van der Waals surface area contributed by atoms with Crippen LogP contribution in [0.5, 0.6) is 0 Å². The van der Waals surface area contributed by atoms with Crippen molar-refractivity contribution < 1.29 is 5.11 Å². The van der Waals surface area contributed by atoms with E-state index in [2.05, 4.69) is 18.2 Å². The van der Waals surface area contributed by atoms with Crippen molar-refractivity contribution in [3.05, 3.63) is 69.2 Å². The van der Waals surface area contributed by atoms with Crippen molar-refractivity contribution in [2.45, 2.75) is 31.3 Å². The third kappa shape index (κ3) is 2.85. The summed E-state index contributed by atoms with van der Waals surface area (Å²) in [6.07, 6.45) is 2.93. The van der Waals surface area contributed by atoms with Crippen LogP contribution in [0.25, 0.3) is 0 Å². The Morgan fingerprint density at radius 3 is 2.55 bits per heavy atom. The van der Waals surface area contributed by atoms with E-state index in [9.17, 15) is 5.11 Å². The first-order valence-electron chi connectivity index (χ1n) is 6.79. The predicted octanol–water partition coefficient (Wildman–Crippen LogP) is 4.46. The predicted molar refractivity (Wildman–Crippen MR) is 83.6 cm³/mol. The lowest BCUT2D eigenvalue weighted by molar-refractivity contribution is 0.0267. The molecule has 1 N–H and O–H groups in total. The van der Waals surface area contributed by atoms with Gasteiger partial charge < -0.3 is 5.11 Å².